The van der Waals surface area contributed by atoms with E-state index in [1.54, 1.807) is 0 Å². The summed E-state index contributed by atoms with van der Waals surface area (Å²) in [7, 11) is 0. The quantitative estimate of drug-likeness (QED) is 0.792. The molecule has 4 nitrogen and oxygen atoms in total. The van der Waals surface area contributed by atoms with Crippen LogP contribution in [0.25, 0.3) is 0 Å². The predicted octanol–water partition coefficient (Wildman–Crippen LogP) is 1.42. The third-order valence-electron chi connectivity index (χ3n) is 4.36. The lowest BCUT2D eigenvalue weighted by atomic mass is 9.78. The summed E-state index contributed by atoms with van der Waals surface area (Å²) in [6.45, 7) is 6.23. The van der Waals surface area contributed by atoms with Crippen LogP contribution in [0.15, 0.2) is 0 Å². The molecule has 4 unspecified atom stereocenters. The molecule has 2 N–H and O–H groups in total. The van der Waals surface area contributed by atoms with Gasteiger partial charge in [0.25, 0.3) is 0 Å². The van der Waals surface area contributed by atoms with E-state index < -0.39 is 0 Å². The van der Waals surface area contributed by atoms with Gasteiger partial charge in [-0.2, -0.15) is 0 Å². The summed E-state index contributed by atoms with van der Waals surface area (Å²) in [6, 6.07) is 0.209. The van der Waals surface area contributed by atoms with E-state index in [1.807, 2.05) is 13.8 Å². The van der Waals surface area contributed by atoms with Crippen molar-refractivity contribution in [3.05, 3.63) is 0 Å². The van der Waals surface area contributed by atoms with Crippen LogP contribution in [0, 0.1) is 11.8 Å². The third-order valence-corrected chi connectivity index (χ3v) is 4.36. The number of hydrogen-bond donors (Lipinski definition) is 1. The topological polar surface area (TPSA) is 55.6 Å². The van der Waals surface area contributed by atoms with E-state index in [2.05, 4.69) is 4.90 Å². The maximum absolute atomic E-state index is 11.7. The molecule has 1 aliphatic carbocycles. The molecule has 0 aromatic carbocycles. The van der Waals surface area contributed by atoms with Crippen LogP contribution >= 0.6 is 12.4 Å². The average Bonchev–Trinajstić information content (AvgIpc) is 2.73. The van der Waals surface area contributed by atoms with Crippen molar-refractivity contribution in [2.24, 2.45) is 17.6 Å². The molecule has 0 amide bonds. The largest absolute Gasteiger partial charge is 0.465 e. The van der Waals surface area contributed by atoms with Crippen molar-refractivity contribution in [2.45, 2.75) is 45.2 Å². The average molecular weight is 277 g/mol. The number of nitrogens with two attached hydrogens (primary N) is 1. The standard InChI is InChI=1S/C13H24N2O2.ClH/c1-3-17-13(16)9(2)15-7-10-5-4-6-12(14)11(10)8-15;/h9-12H,3-8,14H2,1-2H3;1H. The van der Waals surface area contributed by atoms with Crippen LogP contribution in [0.5, 0.6) is 0 Å². The maximum Gasteiger partial charge on any atom is 0.323 e. The van der Waals surface area contributed by atoms with E-state index in [4.69, 9.17) is 10.5 Å². The van der Waals surface area contributed by atoms with E-state index in [0.717, 1.165) is 19.5 Å². The van der Waals surface area contributed by atoms with Gasteiger partial charge in [0.2, 0.25) is 0 Å². The Labute approximate surface area is 116 Å². The molecule has 1 heterocycles. The molecule has 0 bridgehead atoms. The molecular weight excluding hydrogens is 252 g/mol. The van der Waals surface area contributed by atoms with Gasteiger partial charge in [0.15, 0.2) is 0 Å². The molecule has 0 spiro atoms. The van der Waals surface area contributed by atoms with Crippen molar-refractivity contribution in [3.8, 4) is 0 Å². The van der Waals surface area contributed by atoms with E-state index in [1.165, 1.54) is 12.8 Å². The van der Waals surface area contributed by atoms with Gasteiger partial charge in [0.05, 0.1) is 6.61 Å². The first kappa shape index (κ1) is 15.7. The Bertz CT molecular complexity index is 288. The van der Waals surface area contributed by atoms with Gasteiger partial charge in [-0.3, -0.25) is 9.69 Å². The minimum absolute atomic E-state index is 0. The number of halogens is 1. The molecule has 0 aromatic heterocycles. The first-order valence-corrected chi connectivity index (χ1v) is 6.79. The van der Waals surface area contributed by atoms with Crippen molar-refractivity contribution in [3.63, 3.8) is 0 Å². The Morgan fingerprint density at radius 3 is 2.78 bits per heavy atom. The van der Waals surface area contributed by atoms with Crippen LogP contribution in [-0.4, -0.2) is 42.6 Å². The van der Waals surface area contributed by atoms with E-state index >= 15 is 0 Å². The minimum atomic E-state index is -0.118. The molecule has 0 aromatic rings. The van der Waals surface area contributed by atoms with Crippen molar-refractivity contribution in [2.75, 3.05) is 19.7 Å². The minimum Gasteiger partial charge on any atom is -0.465 e. The molecule has 5 heteroatoms. The molecule has 4 atom stereocenters. The smallest absolute Gasteiger partial charge is 0.323 e. The van der Waals surface area contributed by atoms with Gasteiger partial charge in [-0.25, -0.2) is 0 Å². The summed E-state index contributed by atoms with van der Waals surface area (Å²) in [5, 5.41) is 0. The fraction of sp³-hybridized carbons (Fsp3) is 0.923. The Morgan fingerprint density at radius 1 is 1.44 bits per heavy atom. The monoisotopic (exact) mass is 276 g/mol. The van der Waals surface area contributed by atoms with E-state index in [9.17, 15) is 4.79 Å². The molecular formula is C13H25ClN2O2. The fourth-order valence-corrected chi connectivity index (χ4v) is 3.28. The lowest BCUT2D eigenvalue weighted by Gasteiger charge is -2.30. The highest BCUT2D eigenvalue weighted by molar-refractivity contribution is 5.85. The van der Waals surface area contributed by atoms with Crippen molar-refractivity contribution < 1.29 is 9.53 Å². The molecule has 2 fully saturated rings. The molecule has 2 rings (SSSR count). The molecule has 1 aliphatic heterocycles. The SMILES string of the molecule is CCOC(=O)C(C)N1CC2CCCC(N)C2C1.Cl. The van der Waals surface area contributed by atoms with Crippen LogP contribution in [0.3, 0.4) is 0 Å². The zero-order chi connectivity index (χ0) is 12.4. The highest BCUT2D eigenvalue weighted by atomic mass is 35.5. The molecule has 1 saturated heterocycles. The molecule has 2 aliphatic rings. The Kier molecular flexibility index (Phi) is 5.89. The Morgan fingerprint density at radius 2 is 2.17 bits per heavy atom. The number of esters is 1. The van der Waals surface area contributed by atoms with E-state index in [0.29, 0.717) is 24.5 Å². The number of ether oxygens (including phenoxy) is 1. The molecule has 106 valence electrons. The summed E-state index contributed by atoms with van der Waals surface area (Å²) in [5.41, 5.74) is 6.17. The zero-order valence-corrected chi connectivity index (χ0v) is 12.1. The number of carbonyl (C=O) groups is 1. The van der Waals surface area contributed by atoms with Gasteiger partial charge < -0.3 is 10.5 Å². The molecule has 18 heavy (non-hydrogen) atoms. The number of nitrogens with zero attached hydrogens (tertiary/aromatic N) is 1. The number of fused-ring (bicyclic) bond motifs is 1. The highest BCUT2D eigenvalue weighted by Crippen LogP contribution is 2.36. The zero-order valence-electron chi connectivity index (χ0n) is 11.3. The Balaban J connectivity index is 0.00000162. The van der Waals surface area contributed by atoms with Crippen LogP contribution in [-0.2, 0) is 9.53 Å². The summed E-state index contributed by atoms with van der Waals surface area (Å²) in [4.78, 5) is 14.0. The van der Waals surface area contributed by atoms with Crippen molar-refractivity contribution >= 4 is 18.4 Å². The lowest BCUT2D eigenvalue weighted by molar-refractivity contribution is -0.148. The number of carbonyl (C=O) groups excluding carboxylic acids is 1. The van der Waals surface area contributed by atoms with Gasteiger partial charge in [-0.1, -0.05) is 6.42 Å². The fourth-order valence-electron chi connectivity index (χ4n) is 3.28. The van der Waals surface area contributed by atoms with Crippen LogP contribution in [0.2, 0.25) is 0 Å². The number of likely N-dealkylation sites (tertiary alicyclic amines) is 1. The van der Waals surface area contributed by atoms with Gasteiger partial charge in [0, 0.05) is 19.1 Å². The molecule has 0 radical (unpaired) electrons. The molecule has 1 saturated carbocycles. The summed E-state index contributed by atoms with van der Waals surface area (Å²) >= 11 is 0. The van der Waals surface area contributed by atoms with Crippen molar-refractivity contribution in [1.29, 1.82) is 0 Å². The Hall–Kier alpha value is -0.320. The van der Waals surface area contributed by atoms with Gasteiger partial charge in [-0.05, 0) is 38.5 Å². The number of rotatable bonds is 3. The second-order valence-corrected chi connectivity index (χ2v) is 5.40. The van der Waals surface area contributed by atoms with Crippen LogP contribution < -0.4 is 5.73 Å². The lowest BCUT2D eigenvalue weighted by Crippen LogP contribution is -2.40. The van der Waals surface area contributed by atoms with E-state index in [-0.39, 0.29) is 24.4 Å². The second-order valence-electron chi connectivity index (χ2n) is 5.40. The van der Waals surface area contributed by atoms with Gasteiger partial charge in [-0.15, -0.1) is 12.4 Å². The summed E-state index contributed by atoms with van der Waals surface area (Å²) in [6.07, 6.45) is 3.65. The first-order valence-electron chi connectivity index (χ1n) is 6.79. The second kappa shape index (κ2) is 6.73. The summed E-state index contributed by atoms with van der Waals surface area (Å²) in [5.74, 6) is 1.18. The van der Waals surface area contributed by atoms with Crippen LogP contribution in [0.1, 0.15) is 33.1 Å². The van der Waals surface area contributed by atoms with Crippen molar-refractivity contribution in [1.82, 2.24) is 4.90 Å². The normalized spacial score (nSPS) is 33.4. The highest BCUT2D eigenvalue weighted by Gasteiger charge is 2.41. The van der Waals surface area contributed by atoms with Crippen LogP contribution in [0.4, 0.5) is 0 Å². The number of hydrogen-bond acceptors (Lipinski definition) is 4. The maximum atomic E-state index is 11.7. The third kappa shape index (κ3) is 3.16. The predicted molar refractivity (Wildman–Crippen MR) is 73.7 cm³/mol. The summed E-state index contributed by atoms with van der Waals surface area (Å²) < 4.78 is 5.08. The van der Waals surface area contributed by atoms with Gasteiger partial charge in [0.1, 0.15) is 6.04 Å². The van der Waals surface area contributed by atoms with Gasteiger partial charge >= 0.3 is 5.97 Å². The first-order chi connectivity index (χ1) is 8.13.